The molecule has 0 saturated carbocycles. The molecule has 0 radical (unpaired) electrons. The van der Waals surface area contributed by atoms with E-state index >= 15 is 0 Å². The van der Waals surface area contributed by atoms with E-state index in [4.69, 9.17) is 0 Å². The van der Waals surface area contributed by atoms with E-state index in [1.54, 1.807) is 20.8 Å². The Kier molecular flexibility index (Phi) is 4.42. The van der Waals surface area contributed by atoms with Crippen molar-refractivity contribution in [3.8, 4) is 0 Å². The molecule has 0 saturated heterocycles. The highest BCUT2D eigenvalue weighted by Crippen LogP contribution is 2.47. The highest BCUT2D eigenvalue weighted by Gasteiger charge is 2.61. The Morgan fingerprint density at radius 2 is 1.41 bits per heavy atom. The fraction of sp³-hybridized carbons (Fsp3) is 0.217. The summed E-state index contributed by atoms with van der Waals surface area (Å²) in [6, 6.07) is 18.4. The van der Waals surface area contributed by atoms with Gasteiger partial charge in [-0.1, -0.05) is 48.6 Å². The molecule has 2 aromatic rings. The first-order valence-electron chi connectivity index (χ1n) is 9.44. The Balaban J connectivity index is 1.80. The number of benzene rings is 2. The first-order chi connectivity index (χ1) is 13.9. The van der Waals surface area contributed by atoms with Gasteiger partial charge in [-0.3, -0.25) is 9.59 Å². The molecule has 0 aliphatic carbocycles. The van der Waals surface area contributed by atoms with E-state index in [2.05, 4.69) is 16.8 Å². The molecule has 2 atom stereocenters. The van der Waals surface area contributed by atoms with Crippen LogP contribution in [0.1, 0.15) is 20.8 Å². The van der Waals surface area contributed by atoms with Gasteiger partial charge in [0.25, 0.3) is 11.8 Å². The van der Waals surface area contributed by atoms with Crippen molar-refractivity contribution in [1.29, 1.82) is 0 Å². The predicted octanol–water partition coefficient (Wildman–Crippen LogP) is 4.01. The van der Waals surface area contributed by atoms with Gasteiger partial charge < -0.3 is 0 Å². The zero-order valence-corrected chi connectivity index (χ0v) is 16.7. The van der Waals surface area contributed by atoms with Crippen LogP contribution in [-0.2, 0) is 9.59 Å². The van der Waals surface area contributed by atoms with Crippen LogP contribution < -0.4 is 10.0 Å². The van der Waals surface area contributed by atoms with E-state index in [-0.39, 0.29) is 11.8 Å². The largest absolute Gasteiger partial charge is 0.272 e. The van der Waals surface area contributed by atoms with Gasteiger partial charge in [0.15, 0.2) is 0 Å². The second kappa shape index (κ2) is 6.81. The molecule has 29 heavy (non-hydrogen) atoms. The summed E-state index contributed by atoms with van der Waals surface area (Å²) in [7, 11) is 0. The van der Waals surface area contributed by atoms with Crippen LogP contribution in [0.3, 0.4) is 0 Å². The summed E-state index contributed by atoms with van der Waals surface area (Å²) in [5.41, 5.74) is 1.74. The van der Waals surface area contributed by atoms with E-state index < -0.39 is 11.3 Å². The summed E-state index contributed by atoms with van der Waals surface area (Å²) in [6.45, 7) is 9.43. The van der Waals surface area contributed by atoms with Crippen LogP contribution in [0.5, 0.6) is 0 Å². The molecule has 0 fully saturated rings. The zero-order valence-electron chi connectivity index (χ0n) is 16.7. The second-order valence-corrected chi connectivity index (χ2v) is 7.39. The van der Waals surface area contributed by atoms with E-state index in [1.165, 1.54) is 10.0 Å². The monoisotopic (exact) mass is 386 g/mol. The molecule has 2 aliphatic rings. The molecule has 2 aromatic carbocycles. The summed E-state index contributed by atoms with van der Waals surface area (Å²) in [5.74, 6) is -1.32. The van der Waals surface area contributed by atoms with Crippen LogP contribution in [0, 0.1) is 11.3 Å². The number of nitrogens with zero attached hydrogens (tertiary/aromatic N) is 4. The van der Waals surface area contributed by atoms with Gasteiger partial charge in [-0.25, -0.2) is 5.01 Å². The normalized spacial score (nSPS) is 24.0. The fourth-order valence-electron chi connectivity index (χ4n) is 4.23. The summed E-state index contributed by atoms with van der Waals surface area (Å²) >= 11 is 0. The summed E-state index contributed by atoms with van der Waals surface area (Å²) in [4.78, 5) is 27.2. The van der Waals surface area contributed by atoms with Crippen LogP contribution >= 0.6 is 0 Å². The number of para-hydroxylation sites is 2. The SMILES string of the molecule is C=C(C)[C@@]1([C@H]2C(=O)N(c3ccccc3)N=C2C)C(=O)N(c2ccccc2)N=C1C. The molecule has 0 unspecified atom stereocenters. The molecular weight excluding hydrogens is 364 g/mol. The van der Waals surface area contributed by atoms with Crippen LogP contribution in [0.15, 0.2) is 83.0 Å². The highest BCUT2D eigenvalue weighted by molar-refractivity contribution is 6.29. The number of hydrogen-bond acceptors (Lipinski definition) is 4. The van der Waals surface area contributed by atoms with Gasteiger partial charge in [0.2, 0.25) is 0 Å². The Bertz CT molecular complexity index is 1060. The maximum atomic E-state index is 13.7. The molecule has 0 spiro atoms. The predicted molar refractivity (Wildman–Crippen MR) is 115 cm³/mol. The first-order valence-corrected chi connectivity index (χ1v) is 9.44. The van der Waals surface area contributed by atoms with E-state index in [0.29, 0.717) is 28.4 Å². The topological polar surface area (TPSA) is 65.3 Å². The lowest BCUT2D eigenvalue weighted by Crippen LogP contribution is -2.51. The van der Waals surface area contributed by atoms with Crippen molar-refractivity contribution in [3.63, 3.8) is 0 Å². The summed E-state index contributed by atoms with van der Waals surface area (Å²) in [6.07, 6.45) is 0. The van der Waals surface area contributed by atoms with Crippen molar-refractivity contribution in [3.05, 3.63) is 72.8 Å². The van der Waals surface area contributed by atoms with Gasteiger partial charge in [-0.2, -0.15) is 15.2 Å². The van der Waals surface area contributed by atoms with Gasteiger partial charge in [0.05, 0.1) is 22.8 Å². The molecule has 4 rings (SSSR count). The second-order valence-electron chi connectivity index (χ2n) is 7.39. The third-order valence-electron chi connectivity index (χ3n) is 5.59. The molecule has 6 nitrogen and oxygen atoms in total. The lowest BCUT2D eigenvalue weighted by atomic mass is 9.65. The van der Waals surface area contributed by atoms with Crippen LogP contribution in [0.4, 0.5) is 11.4 Å². The Labute approximate surface area is 169 Å². The third kappa shape index (κ3) is 2.63. The van der Waals surface area contributed by atoms with Crippen molar-refractivity contribution >= 4 is 34.6 Å². The fourth-order valence-corrected chi connectivity index (χ4v) is 4.23. The van der Waals surface area contributed by atoms with Crippen LogP contribution in [0.2, 0.25) is 0 Å². The molecule has 2 heterocycles. The van der Waals surface area contributed by atoms with Gasteiger partial charge >= 0.3 is 0 Å². The van der Waals surface area contributed by atoms with Crippen LogP contribution in [-0.4, -0.2) is 23.2 Å². The lowest BCUT2D eigenvalue weighted by molar-refractivity contribution is -0.129. The number of carbonyl (C=O) groups is 2. The van der Waals surface area contributed by atoms with Crippen LogP contribution in [0.25, 0.3) is 0 Å². The van der Waals surface area contributed by atoms with E-state index in [1.807, 2.05) is 60.7 Å². The Morgan fingerprint density at radius 1 is 0.897 bits per heavy atom. The maximum absolute atomic E-state index is 13.7. The number of anilines is 2. The molecule has 2 aliphatic heterocycles. The minimum absolute atomic E-state index is 0.255. The van der Waals surface area contributed by atoms with E-state index in [0.717, 1.165) is 0 Å². The average molecular weight is 386 g/mol. The molecule has 2 amide bonds. The minimum atomic E-state index is -1.26. The van der Waals surface area contributed by atoms with Crippen molar-refractivity contribution < 1.29 is 9.59 Å². The van der Waals surface area contributed by atoms with Crippen molar-refractivity contribution in [2.45, 2.75) is 20.8 Å². The van der Waals surface area contributed by atoms with Crippen molar-refractivity contribution in [1.82, 2.24) is 0 Å². The van der Waals surface area contributed by atoms with Gasteiger partial charge in [0.1, 0.15) is 11.3 Å². The standard InChI is InChI=1S/C23H22N4O2/c1-15(2)23(17(4)25-27(22(23)29)19-13-9-6-10-14-19)20-16(3)24-26(21(20)28)18-11-7-5-8-12-18/h5-14,20H,1H2,2-4H3/t20-,23-/m1/s1. The summed E-state index contributed by atoms with van der Waals surface area (Å²) in [5, 5.41) is 11.8. The number of hydrogen-bond donors (Lipinski definition) is 0. The number of hydrazone groups is 2. The Hall–Kier alpha value is -3.54. The number of rotatable bonds is 4. The maximum Gasteiger partial charge on any atom is 0.264 e. The summed E-state index contributed by atoms with van der Waals surface area (Å²) < 4.78 is 0. The molecule has 6 heteroatoms. The van der Waals surface area contributed by atoms with Crippen molar-refractivity contribution in [2.75, 3.05) is 10.0 Å². The number of carbonyl (C=O) groups excluding carboxylic acids is 2. The average Bonchev–Trinajstić information content (AvgIpc) is 3.16. The number of amides is 2. The van der Waals surface area contributed by atoms with Gasteiger partial charge in [-0.05, 0) is 45.0 Å². The quantitative estimate of drug-likeness (QED) is 0.745. The smallest absolute Gasteiger partial charge is 0.264 e. The molecule has 146 valence electrons. The van der Waals surface area contributed by atoms with E-state index in [9.17, 15) is 9.59 Å². The van der Waals surface area contributed by atoms with Crippen molar-refractivity contribution in [2.24, 2.45) is 21.5 Å². The Morgan fingerprint density at radius 3 is 1.93 bits per heavy atom. The molecule has 0 bridgehead atoms. The van der Waals surface area contributed by atoms with Gasteiger partial charge in [0, 0.05) is 0 Å². The third-order valence-corrected chi connectivity index (χ3v) is 5.59. The zero-order chi connectivity index (χ0) is 20.8. The molecule has 0 N–H and O–H groups in total. The first kappa shape index (κ1) is 18.8. The molecule has 0 aromatic heterocycles. The lowest BCUT2D eigenvalue weighted by Gasteiger charge is -2.33. The molecular formula is C23H22N4O2. The highest BCUT2D eigenvalue weighted by atomic mass is 16.2. The minimum Gasteiger partial charge on any atom is -0.272 e. The van der Waals surface area contributed by atoms with Gasteiger partial charge in [-0.15, -0.1) is 0 Å².